The van der Waals surface area contributed by atoms with Crippen LogP contribution in [0.25, 0.3) is 0 Å². The average molecular weight is 191 g/mol. The van der Waals surface area contributed by atoms with Crippen LogP contribution in [-0.4, -0.2) is 29.5 Å². The minimum atomic E-state index is -0.736. The number of hydrogen-bond acceptors (Lipinski definition) is 3. The number of thioether (sulfide) groups is 1. The van der Waals surface area contributed by atoms with Gasteiger partial charge < -0.3 is 16.8 Å². The fourth-order valence-electron chi connectivity index (χ4n) is 0.709. The van der Waals surface area contributed by atoms with Crippen LogP contribution >= 0.6 is 11.8 Å². The van der Waals surface area contributed by atoms with Crippen molar-refractivity contribution >= 4 is 23.7 Å². The lowest BCUT2D eigenvalue weighted by Gasteiger charge is -2.18. The lowest BCUT2D eigenvalue weighted by atomic mass is 10.2. The molecule has 0 aliphatic heterocycles. The molecule has 0 saturated heterocycles. The molecule has 12 heavy (non-hydrogen) atoms. The molecule has 0 aromatic heterocycles. The quantitative estimate of drug-likeness (QED) is 0.545. The van der Waals surface area contributed by atoms with Crippen LogP contribution in [0.15, 0.2) is 0 Å². The third-order valence-electron chi connectivity index (χ3n) is 1.45. The molecule has 0 aromatic carbocycles. The van der Waals surface area contributed by atoms with Gasteiger partial charge in [0, 0.05) is 5.25 Å². The van der Waals surface area contributed by atoms with Gasteiger partial charge in [-0.15, -0.1) is 0 Å². The summed E-state index contributed by atoms with van der Waals surface area (Å²) in [6, 6.07) is -1.43. The molecule has 0 saturated carbocycles. The molecule has 0 fully saturated rings. The first-order valence-electron chi connectivity index (χ1n) is 3.37. The van der Waals surface area contributed by atoms with Crippen molar-refractivity contribution in [3.8, 4) is 0 Å². The van der Waals surface area contributed by atoms with Crippen molar-refractivity contribution in [2.75, 3.05) is 6.26 Å². The molecular formula is C6H13N3O2S. The highest BCUT2D eigenvalue weighted by Gasteiger charge is 2.22. The number of nitrogens with two attached hydrogens (primary N) is 2. The fraction of sp³-hybridized carbons (Fsp3) is 0.667. The summed E-state index contributed by atoms with van der Waals surface area (Å²) in [5.74, 6) is -0.573. The number of rotatable bonds is 4. The molecule has 0 radical (unpaired) electrons. The maximum Gasteiger partial charge on any atom is 0.312 e. The zero-order chi connectivity index (χ0) is 9.72. The molecule has 0 aliphatic rings. The van der Waals surface area contributed by atoms with Gasteiger partial charge in [-0.2, -0.15) is 11.8 Å². The molecule has 6 heteroatoms. The topological polar surface area (TPSA) is 98.2 Å². The number of hydrogen-bond donors (Lipinski definition) is 3. The minimum absolute atomic E-state index is 0.0741. The first kappa shape index (κ1) is 11.1. The molecule has 5 N–H and O–H groups in total. The maximum absolute atomic E-state index is 10.8. The van der Waals surface area contributed by atoms with Crippen molar-refractivity contribution in [2.45, 2.75) is 18.2 Å². The van der Waals surface area contributed by atoms with E-state index < -0.39 is 18.0 Å². The van der Waals surface area contributed by atoms with E-state index in [1.165, 1.54) is 11.8 Å². The first-order valence-corrected chi connectivity index (χ1v) is 4.66. The molecule has 2 atom stereocenters. The Labute approximate surface area is 75.2 Å². The second-order valence-corrected chi connectivity index (χ2v) is 3.54. The van der Waals surface area contributed by atoms with Crippen molar-refractivity contribution in [3.05, 3.63) is 0 Å². The summed E-state index contributed by atoms with van der Waals surface area (Å²) in [6.45, 7) is 1.79. The van der Waals surface area contributed by atoms with Gasteiger partial charge in [0.25, 0.3) is 0 Å². The minimum Gasteiger partial charge on any atom is -0.368 e. The second-order valence-electron chi connectivity index (χ2n) is 2.33. The van der Waals surface area contributed by atoms with Crippen LogP contribution in [0.2, 0.25) is 0 Å². The van der Waals surface area contributed by atoms with Gasteiger partial charge in [0.2, 0.25) is 5.91 Å². The van der Waals surface area contributed by atoms with Crippen LogP contribution in [-0.2, 0) is 4.79 Å². The van der Waals surface area contributed by atoms with Gasteiger partial charge in [0.05, 0.1) is 0 Å². The Hall–Kier alpha value is -0.910. The number of urea groups is 1. The first-order chi connectivity index (χ1) is 5.49. The molecule has 0 bridgehead atoms. The van der Waals surface area contributed by atoms with Gasteiger partial charge in [-0.1, -0.05) is 6.92 Å². The van der Waals surface area contributed by atoms with E-state index in [0.717, 1.165) is 0 Å². The van der Waals surface area contributed by atoms with E-state index in [1.54, 1.807) is 6.92 Å². The van der Waals surface area contributed by atoms with Crippen LogP contribution in [0, 0.1) is 0 Å². The van der Waals surface area contributed by atoms with Crippen LogP contribution in [0.1, 0.15) is 6.92 Å². The summed E-state index contributed by atoms with van der Waals surface area (Å²) in [7, 11) is 0. The molecule has 0 heterocycles. The van der Waals surface area contributed by atoms with Crippen LogP contribution in [0.5, 0.6) is 0 Å². The van der Waals surface area contributed by atoms with E-state index in [2.05, 4.69) is 5.32 Å². The average Bonchev–Trinajstić information content (AvgIpc) is 1.98. The molecule has 5 nitrogen and oxygen atoms in total. The Morgan fingerprint density at radius 3 is 2.17 bits per heavy atom. The predicted molar refractivity (Wildman–Crippen MR) is 48.7 cm³/mol. The van der Waals surface area contributed by atoms with E-state index in [0.29, 0.717) is 0 Å². The summed E-state index contributed by atoms with van der Waals surface area (Å²) < 4.78 is 0. The Morgan fingerprint density at radius 2 is 1.92 bits per heavy atom. The summed E-state index contributed by atoms with van der Waals surface area (Å²) in [5, 5.41) is 2.20. The van der Waals surface area contributed by atoms with Gasteiger partial charge in [0.1, 0.15) is 6.04 Å². The SMILES string of the molecule is CSC(C)C(NC(N)=O)C(N)=O. The van der Waals surface area contributed by atoms with Crippen molar-refractivity contribution in [1.82, 2.24) is 5.32 Å². The summed E-state index contributed by atoms with van der Waals surface area (Å²) in [6.07, 6.45) is 1.82. The largest absolute Gasteiger partial charge is 0.368 e. The highest BCUT2D eigenvalue weighted by molar-refractivity contribution is 7.99. The van der Waals surface area contributed by atoms with E-state index in [4.69, 9.17) is 11.5 Å². The normalized spacial score (nSPS) is 14.8. The number of carbonyl (C=O) groups excluding carboxylic acids is 2. The second kappa shape index (κ2) is 4.87. The molecule has 2 unspecified atom stereocenters. The third kappa shape index (κ3) is 3.47. The Morgan fingerprint density at radius 1 is 1.42 bits per heavy atom. The number of nitrogens with one attached hydrogen (secondary N) is 1. The van der Waals surface area contributed by atoms with Gasteiger partial charge in [-0.3, -0.25) is 4.79 Å². The molecule has 70 valence electrons. The van der Waals surface area contributed by atoms with Gasteiger partial charge in [0.15, 0.2) is 0 Å². The van der Waals surface area contributed by atoms with Crippen molar-refractivity contribution < 1.29 is 9.59 Å². The molecule has 3 amide bonds. The molecule has 0 rings (SSSR count). The molecule has 0 aromatic rings. The van der Waals surface area contributed by atoms with Gasteiger partial charge >= 0.3 is 6.03 Å². The zero-order valence-electron chi connectivity index (χ0n) is 7.03. The van der Waals surface area contributed by atoms with E-state index in [1.807, 2.05) is 6.26 Å². The predicted octanol–water partition coefficient (Wildman–Crippen LogP) is -0.740. The maximum atomic E-state index is 10.8. The smallest absolute Gasteiger partial charge is 0.312 e. The van der Waals surface area contributed by atoms with Gasteiger partial charge in [-0.05, 0) is 6.26 Å². The fourth-order valence-corrected chi connectivity index (χ4v) is 1.18. The monoisotopic (exact) mass is 191 g/mol. The van der Waals surface area contributed by atoms with Crippen molar-refractivity contribution in [1.29, 1.82) is 0 Å². The van der Waals surface area contributed by atoms with E-state index in [9.17, 15) is 9.59 Å². The summed E-state index contributed by atoms with van der Waals surface area (Å²) in [5.41, 5.74) is 9.90. The highest BCUT2D eigenvalue weighted by Crippen LogP contribution is 2.09. The summed E-state index contributed by atoms with van der Waals surface area (Å²) in [4.78, 5) is 21.2. The highest BCUT2D eigenvalue weighted by atomic mass is 32.2. The van der Waals surface area contributed by atoms with Crippen LogP contribution in [0.4, 0.5) is 4.79 Å². The standard InChI is InChI=1S/C6H13N3O2S/c1-3(12-2)4(5(7)10)9-6(8)11/h3-4H,1-2H3,(H2,7,10)(H3,8,9,11). The van der Waals surface area contributed by atoms with E-state index >= 15 is 0 Å². The Balaban J connectivity index is 4.22. The third-order valence-corrected chi connectivity index (χ3v) is 2.46. The Kier molecular flexibility index (Phi) is 4.50. The molecule has 0 spiro atoms. The lowest BCUT2D eigenvalue weighted by Crippen LogP contribution is -2.51. The molecule has 0 aliphatic carbocycles. The van der Waals surface area contributed by atoms with Crippen LogP contribution in [0.3, 0.4) is 0 Å². The number of primary amides is 2. The van der Waals surface area contributed by atoms with Crippen LogP contribution < -0.4 is 16.8 Å². The van der Waals surface area contributed by atoms with Crippen molar-refractivity contribution in [3.63, 3.8) is 0 Å². The van der Waals surface area contributed by atoms with Gasteiger partial charge in [-0.25, -0.2) is 4.79 Å². The van der Waals surface area contributed by atoms with E-state index in [-0.39, 0.29) is 5.25 Å². The Bertz CT molecular complexity index is 186. The molecular weight excluding hydrogens is 178 g/mol. The lowest BCUT2D eigenvalue weighted by molar-refractivity contribution is -0.119. The van der Waals surface area contributed by atoms with Crippen molar-refractivity contribution in [2.24, 2.45) is 11.5 Å². The zero-order valence-corrected chi connectivity index (χ0v) is 7.85. The number of carbonyl (C=O) groups is 2. The summed E-state index contributed by atoms with van der Waals surface area (Å²) >= 11 is 1.43. The number of amides is 3.